The Balaban J connectivity index is 1.64. The molecule has 1 N–H and O–H groups in total. The molecule has 3 amide bonds. The van der Waals surface area contributed by atoms with Crippen LogP contribution in [-0.2, 0) is 16.8 Å². The van der Waals surface area contributed by atoms with Gasteiger partial charge in [-0.05, 0) is 49.8 Å². The zero-order chi connectivity index (χ0) is 19.2. The first-order valence-corrected chi connectivity index (χ1v) is 9.25. The number of amides is 3. The van der Waals surface area contributed by atoms with Crippen molar-refractivity contribution in [2.24, 2.45) is 0 Å². The Bertz CT molecular complexity index is 966. The average Bonchev–Trinajstić information content (AvgIpc) is 2.87. The highest BCUT2D eigenvalue weighted by atomic mass is 16.2. The molecule has 138 valence electrons. The molecule has 2 aromatic rings. The minimum Gasteiger partial charge on any atom is -0.319 e. The van der Waals surface area contributed by atoms with Crippen LogP contribution in [-0.4, -0.2) is 29.2 Å². The highest BCUT2D eigenvalue weighted by Gasteiger charge is 2.54. The molecule has 1 atom stereocenters. The Labute approximate surface area is 158 Å². The van der Waals surface area contributed by atoms with E-state index in [1.54, 1.807) is 6.07 Å². The minimum absolute atomic E-state index is 0.225. The molecule has 1 heterocycles. The van der Waals surface area contributed by atoms with E-state index < -0.39 is 11.6 Å². The first-order chi connectivity index (χ1) is 12.9. The van der Waals surface area contributed by atoms with Gasteiger partial charge in [0.2, 0.25) is 0 Å². The number of benzene rings is 2. The van der Waals surface area contributed by atoms with Gasteiger partial charge in [0.15, 0.2) is 5.78 Å². The van der Waals surface area contributed by atoms with E-state index in [1.807, 2.05) is 50.2 Å². The lowest BCUT2D eigenvalue weighted by molar-refractivity contribution is -0.131. The van der Waals surface area contributed by atoms with Gasteiger partial charge in [-0.1, -0.05) is 48.0 Å². The number of fused-ring (bicyclic) bond motifs is 2. The zero-order valence-corrected chi connectivity index (χ0v) is 15.5. The number of ketones is 1. The molecular weight excluding hydrogens is 340 g/mol. The summed E-state index contributed by atoms with van der Waals surface area (Å²) in [5.41, 5.74) is 3.37. The fraction of sp³-hybridized carbons (Fsp3) is 0.318. The van der Waals surface area contributed by atoms with Crippen molar-refractivity contribution in [3.05, 3.63) is 70.3 Å². The van der Waals surface area contributed by atoms with Gasteiger partial charge < -0.3 is 5.32 Å². The molecule has 4 rings (SSSR count). The number of nitrogens with zero attached hydrogens (tertiary/aromatic N) is 1. The van der Waals surface area contributed by atoms with Gasteiger partial charge >= 0.3 is 6.03 Å². The lowest BCUT2D eigenvalue weighted by Gasteiger charge is -2.33. The van der Waals surface area contributed by atoms with Gasteiger partial charge in [0, 0.05) is 5.56 Å². The summed E-state index contributed by atoms with van der Waals surface area (Å²) < 4.78 is 0. The molecule has 0 aromatic heterocycles. The van der Waals surface area contributed by atoms with Gasteiger partial charge in [0.1, 0.15) is 5.54 Å². The predicted octanol–water partition coefficient (Wildman–Crippen LogP) is 3.27. The molecule has 5 heteroatoms. The summed E-state index contributed by atoms with van der Waals surface area (Å²) in [6, 6.07) is 12.8. The van der Waals surface area contributed by atoms with Crippen LogP contribution in [0, 0.1) is 13.8 Å². The topological polar surface area (TPSA) is 66.5 Å². The van der Waals surface area contributed by atoms with Crippen molar-refractivity contribution in [2.75, 3.05) is 6.54 Å². The molecule has 1 aliphatic heterocycles. The Kier molecular flexibility index (Phi) is 4.10. The van der Waals surface area contributed by atoms with Crippen molar-refractivity contribution in [1.29, 1.82) is 0 Å². The maximum absolute atomic E-state index is 13.3. The standard InChI is InChI=1S/C22H22N2O3/c1-14-9-10-17(15(2)12-14)19(25)13-24-20(26)22(23-21(24)27)11-5-7-16-6-3-4-8-18(16)22/h3-4,6,8-10,12H,5,7,11,13H2,1-2H3,(H,23,27). The second-order valence-electron chi connectivity index (χ2n) is 7.48. The van der Waals surface area contributed by atoms with Crippen LogP contribution in [0.3, 0.4) is 0 Å². The number of hydrogen-bond acceptors (Lipinski definition) is 3. The average molecular weight is 362 g/mol. The van der Waals surface area contributed by atoms with E-state index >= 15 is 0 Å². The molecule has 27 heavy (non-hydrogen) atoms. The predicted molar refractivity (Wildman–Crippen MR) is 102 cm³/mol. The number of urea groups is 1. The van der Waals surface area contributed by atoms with Gasteiger partial charge in [-0.15, -0.1) is 0 Å². The number of Topliss-reactive ketones (excluding diaryl/α,β-unsaturated/α-hetero) is 1. The van der Waals surface area contributed by atoms with Crippen molar-refractivity contribution in [3.8, 4) is 0 Å². The molecule has 1 unspecified atom stereocenters. The van der Waals surface area contributed by atoms with Gasteiger partial charge in [-0.25, -0.2) is 4.79 Å². The molecule has 1 aliphatic carbocycles. The van der Waals surface area contributed by atoms with Crippen LogP contribution < -0.4 is 5.32 Å². The second kappa shape index (κ2) is 6.34. The highest BCUT2D eigenvalue weighted by molar-refractivity contribution is 6.11. The Morgan fingerprint density at radius 1 is 1.15 bits per heavy atom. The second-order valence-corrected chi connectivity index (χ2v) is 7.48. The van der Waals surface area contributed by atoms with E-state index in [0.29, 0.717) is 12.0 Å². The summed E-state index contributed by atoms with van der Waals surface area (Å²) in [6.07, 6.45) is 2.27. The molecule has 1 saturated heterocycles. The summed E-state index contributed by atoms with van der Waals surface area (Å²) in [5.74, 6) is -0.546. The maximum atomic E-state index is 13.3. The molecule has 2 aliphatic rings. The van der Waals surface area contributed by atoms with Crippen LogP contribution in [0.5, 0.6) is 0 Å². The molecule has 0 bridgehead atoms. The SMILES string of the molecule is Cc1ccc(C(=O)CN2C(=O)NC3(CCCc4ccccc43)C2=O)c(C)c1. The first-order valence-electron chi connectivity index (χ1n) is 9.25. The lowest BCUT2D eigenvalue weighted by atomic mass is 9.76. The Morgan fingerprint density at radius 3 is 2.70 bits per heavy atom. The Hall–Kier alpha value is -2.95. The number of hydrogen-bond donors (Lipinski definition) is 1. The number of carbonyl (C=O) groups excluding carboxylic acids is 3. The van der Waals surface area contributed by atoms with Crippen LogP contribution in [0.4, 0.5) is 4.79 Å². The van der Waals surface area contributed by atoms with E-state index in [-0.39, 0.29) is 18.2 Å². The van der Waals surface area contributed by atoms with Crippen molar-refractivity contribution in [1.82, 2.24) is 10.2 Å². The van der Waals surface area contributed by atoms with Gasteiger partial charge in [-0.3, -0.25) is 14.5 Å². The molecule has 0 saturated carbocycles. The highest BCUT2D eigenvalue weighted by Crippen LogP contribution is 2.39. The van der Waals surface area contributed by atoms with Gasteiger partial charge in [0.05, 0.1) is 6.54 Å². The largest absolute Gasteiger partial charge is 0.325 e. The third-order valence-corrected chi connectivity index (χ3v) is 5.63. The number of nitrogens with one attached hydrogen (secondary N) is 1. The Morgan fingerprint density at radius 2 is 1.93 bits per heavy atom. The van der Waals surface area contributed by atoms with Crippen LogP contribution in [0.25, 0.3) is 0 Å². The van der Waals surface area contributed by atoms with Crippen molar-refractivity contribution >= 4 is 17.7 Å². The third-order valence-electron chi connectivity index (χ3n) is 5.63. The summed E-state index contributed by atoms with van der Waals surface area (Å²) in [6.45, 7) is 3.59. The normalized spacial score (nSPS) is 21.3. The fourth-order valence-electron chi connectivity index (χ4n) is 4.31. The van der Waals surface area contributed by atoms with Crippen LogP contribution in [0.2, 0.25) is 0 Å². The number of carbonyl (C=O) groups is 3. The van der Waals surface area contributed by atoms with E-state index in [2.05, 4.69) is 5.32 Å². The molecule has 5 nitrogen and oxygen atoms in total. The molecule has 1 spiro atoms. The van der Waals surface area contributed by atoms with Gasteiger partial charge in [0.25, 0.3) is 5.91 Å². The van der Waals surface area contributed by atoms with Crippen LogP contribution >= 0.6 is 0 Å². The summed E-state index contributed by atoms with van der Waals surface area (Å²) in [4.78, 5) is 39.7. The smallest absolute Gasteiger partial charge is 0.319 e. The number of aryl methyl sites for hydroxylation is 3. The monoisotopic (exact) mass is 362 g/mol. The van der Waals surface area contributed by atoms with E-state index in [4.69, 9.17) is 0 Å². The fourth-order valence-corrected chi connectivity index (χ4v) is 4.31. The quantitative estimate of drug-likeness (QED) is 0.673. The van der Waals surface area contributed by atoms with Crippen LogP contribution in [0.15, 0.2) is 42.5 Å². The molecule has 2 aromatic carbocycles. The first kappa shape index (κ1) is 17.5. The number of imide groups is 1. The van der Waals surface area contributed by atoms with Crippen molar-refractivity contribution in [2.45, 2.75) is 38.6 Å². The number of rotatable bonds is 3. The summed E-state index contributed by atoms with van der Waals surface area (Å²) in [5, 5.41) is 2.89. The lowest BCUT2D eigenvalue weighted by Crippen LogP contribution is -2.46. The molecule has 0 radical (unpaired) electrons. The minimum atomic E-state index is -1.03. The van der Waals surface area contributed by atoms with E-state index in [9.17, 15) is 14.4 Å². The van der Waals surface area contributed by atoms with E-state index in [0.717, 1.165) is 40.0 Å². The van der Waals surface area contributed by atoms with Crippen molar-refractivity contribution < 1.29 is 14.4 Å². The third kappa shape index (κ3) is 2.74. The molecular formula is C22H22N2O3. The van der Waals surface area contributed by atoms with Crippen LogP contribution in [0.1, 0.15) is 45.5 Å². The summed E-state index contributed by atoms with van der Waals surface area (Å²) >= 11 is 0. The molecule has 1 fully saturated rings. The van der Waals surface area contributed by atoms with E-state index in [1.165, 1.54) is 0 Å². The zero-order valence-electron chi connectivity index (χ0n) is 15.5. The summed E-state index contributed by atoms with van der Waals surface area (Å²) in [7, 11) is 0. The maximum Gasteiger partial charge on any atom is 0.325 e. The van der Waals surface area contributed by atoms with Gasteiger partial charge in [-0.2, -0.15) is 0 Å². The van der Waals surface area contributed by atoms with Crippen molar-refractivity contribution in [3.63, 3.8) is 0 Å².